The predicted molar refractivity (Wildman–Crippen MR) is 115 cm³/mol. The van der Waals surface area contributed by atoms with E-state index in [0.717, 1.165) is 42.1 Å². The van der Waals surface area contributed by atoms with Crippen LogP contribution in [0.4, 0.5) is 0 Å². The Balaban J connectivity index is 1.17. The van der Waals surface area contributed by atoms with E-state index in [2.05, 4.69) is 32.0 Å². The van der Waals surface area contributed by atoms with E-state index < -0.39 is 0 Å². The van der Waals surface area contributed by atoms with Crippen LogP contribution >= 0.6 is 0 Å². The molecule has 5 N–H and O–H groups in total. The number of aromatic amines is 1. The van der Waals surface area contributed by atoms with Gasteiger partial charge in [-0.2, -0.15) is 4.98 Å². The first-order valence-corrected chi connectivity index (χ1v) is 10.2. The minimum atomic E-state index is -0.281. The van der Waals surface area contributed by atoms with E-state index in [1.807, 2.05) is 31.3 Å². The van der Waals surface area contributed by atoms with Crippen LogP contribution in [-0.2, 0) is 6.54 Å². The van der Waals surface area contributed by atoms with Crippen LogP contribution in [0.2, 0.25) is 0 Å². The lowest BCUT2D eigenvalue weighted by atomic mass is 9.96. The van der Waals surface area contributed by atoms with E-state index in [1.165, 1.54) is 17.6 Å². The highest BCUT2D eigenvalue weighted by atomic mass is 16.1. The maximum absolute atomic E-state index is 12.4. The minimum Gasteiger partial charge on any atom is -0.370 e. The standard InChI is InChI=1S/C22H23N7O/c1-12-8-14-10-29(21(30)27-19(14)25-12)15-4-2-13(3-5-15)9-28-7-6-22(11-28)16-17(22)18(16)26-20(23)24/h2-5,8,10,16H,6-7,9,11H2,1H3,(H4,23,24,26)(H,25,27,30). The van der Waals surface area contributed by atoms with Crippen molar-refractivity contribution in [2.24, 2.45) is 27.8 Å². The van der Waals surface area contributed by atoms with Crippen molar-refractivity contribution in [2.45, 2.75) is 19.9 Å². The van der Waals surface area contributed by atoms with Crippen LogP contribution in [0, 0.1) is 18.3 Å². The monoisotopic (exact) mass is 401 g/mol. The van der Waals surface area contributed by atoms with Crippen molar-refractivity contribution < 1.29 is 0 Å². The van der Waals surface area contributed by atoms with Crippen LogP contribution in [0.15, 0.2) is 57.6 Å². The van der Waals surface area contributed by atoms with Crippen molar-refractivity contribution in [3.8, 4) is 5.69 Å². The van der Waals surface area contributed by atoms with Crippen molar-refractivity contribution in [3.63, 3.8) is 0 Å². The molecule has 2 unspecified atom stereocenters. The number of aliphatic imine (C=N–C) groups is 1. The maximum atomic E-state index is 12.4. The van der Waals surface area contributed by atoms with Gasteiger partial charge in [0.15, 0.2) is 5.96 Å². The van der Waals surface area contributed by atoms with Crippen LogP contribution in [-0.4, -0.2) is 38.5 Å². The third-order valence-electron chi connectivity index (χ3n) is 6.65. The van der Waals surface area contributed by atoms with Crippen molar-refractivity contribution >= 4 is 17.0 Å². The van der Waals surface area contributed by atoms with Gasteiger partial charge in [0.25, 0.3) is 0 Å². The fraction of sp³-hybridized carbons (Fsp3) is 0.318. The lowest BCUT2D eigenvalue weighted by Gasteiger charge is -2.18. The lowest BCUT2D eigenvalue weighted by molar-refractivity contribution is 0.308. The molecule has 1 aromatic carbocycles. The molecule has 30 heavy (non-hydrogen) atoms. The largest absolute Gasteiger partial charge is 0.370 e. The second kappa shape index (κ2) is 5.82. The first kappa shape index (κ1) is 17.5. The SMILES string of the molecule is Cc1cc2cn(-c3ccc(CN4CCC5(C4)C4=C(N=C(N)N)C45)cc3)c(=O)nc2[nH]1. The summed E-state index contributed by atoms with van der Waals surface area (Å²) in [6.07, 6.45) is 3.03. The number of hydrogen-bond acceptors (Lipinski definition) is 4. The third-order valence-corrected chi connectivity index (χ3v) is 6.65. The Labute approximate surface area is 172 Å². The number of nitrogens with zero attached hydrogens (tertiary/aromatic N) is 4. The first-order valence-electron chi connectivity index (χ1n) is 10.2. The second-order valence-corrected chi connectivity index (χ2v) is 8.70. The quantitative estimate of drug-likeness (QED) is 0.451. The van der Waals surface area contributed by atoms with Gasteiger partial charge < -0.3 is 16.5 Å². The van der Waals surface area contributed by atoms with E-state index in [1.54, 1.807) is 4.57 Å². The van der Waals surface area contributed by atoms with E-state index in [4.69, 9.17) is 11.5 Å². The molecule has 152 valence electrons. The van der Waals surface area contributed by atoms with E-state index in [-0.39, 0.29) is 11.6 Å². The van der Waals surface area contributed by atoms with Gasteiger partial charge in [-0.05, 0) is 49.2 Å². The fourth-order valence-electron chi connectivity index (χ4n) is 5.18. The van der Waals surface area contributed by atoms with Crippen molar-refractivity contribution in [3.05, 3.63) is 69.5 Å². The summed E-state index contributed by atoms with van der Waals surface area (Å²) >= 11 is 0. The van der Waals surface area contributed by atoms with Gasteiger partial charge in [-0.15, -0.1) is 0 Å². The van der Waals surface area contributed by atoms with Crippen LogP contribution in [0.25, 0.3) is 16.7 Å². The minimum absolute atomic E-state index is 0.162. The Hall–Kier alpha value is -3.39. The number of nitrogens with one attached hydrogen (secondary N) is 1. The fourth-order valence-corrected chi connectivity index (χ4v) is 5.18. The van der Waals surface area contributed by atoms with Crippen molar-refractivity contribution in [2.75, 3.05) is 13.1 Å². The molecule has 1 saturated heterocycles. The Morgan fingerprint density at radius 2 is 2.10 bits per heavy atom. The Kier molecular flexibility index (Phi) is 3.39. The summed E-state index contributed by atoms with van der Waals surface area (Å²) < 4.78 is 1.60. The molecular weight excluding hydrogens is 378 g/mol. The molecule has 0 bridgehead atoms. The summed E-state index contributed by atoms with van der Waals surface area (Å²) in [4.78, 5) is 26.4. The van der Waals surface area contributed by atoms with Gasteiger partial charge in [0.1, 0.15) is 5.65 Å². The highest BCUT2D eigenvalue weighted by Crippen LogP contribution is 2.79. The number of H-pyrrole nitrogens is 1. The number of hydrogen-bond donors (Lipinski definition) is 3. The molecule has 3 aromatic rings. The zero-order chi connectivity index (χ0) is 20.6. The van der Waals surface area contributed by atoms with Gasteiger partial charge in [-0.3, -0.25) is 9.47 Å². The van der Waals surface area contributed by atoms with E-state index >= 15 is 0 Å². The zero-order valence-corrected chi connectivity index (χ0v) is 16.7. The molecule has 2 atom stereocenters. The van der Waals surface area contributed by atoms with Gasteiger partial charge in [0, 0.05) is 41.7 Å². The molecule has 0 amide bonds. The normalized spacial score (nSPS) is 24.5. The van der Waals surface area contributed by atoms with Crippen molar-refractivity contribution in [1.29, 1.82) is 0 Å². The number of nitrogens with two attached hydrogens (primary N) is 2. The smallest absolute Gasteiger partial charge is 0.354 e. The highest BCUT2D eigenvalue weighted by Gasteiger charge is 2.75. The molecule has 1 spiro atoms. The number of rotatable bonds is 4. The molecule has 6 rings (SSSR count). The maximum Gasteiger partial charge on any atom is 0.354 e. The molecule has 3 heterocycles. The first-order chi connectivity index (χ1) is 14.4. The molecule has 0 radical (unpaired) electrons. The summed E-state index contributed by atoms with van der Waals surface area (Å²) in [6.45, 7) is 5.02. The summed E-state index contributed by atoms with van der Waals surface area (Å²) in [5, 5.41) is 0.927. The average molecular weight is 401 g/mol. The number of allylic oxidation sites excluding steroid dienone is 1. The Bertz CT molecular complexity index is 1310. The molecule has 8 heteroatoms. The number of guanidine groups is 1. The summed E-state index contributed by atoms with van der Waals surface area (Å²) in [5.74, 6) is 0.688. The van der Waals surface area contributed by atoms with Crippen LogP contribution < -0.4 is 17.2 Å². The molecule has 3 aliphatic rings. The topological polar surface area (TPSA) is 118 Å². The Morgan fingerprint density at radius 3 is 2.83 bits per heavy atom. The summed E-state index contributed by atoms with van der Waals surface area (Å²) in [5.41, 5.74) is 17.3. The zero-order valence-electron chi connectivity index (χ0n) is 16.7. The lowest BCUT2D eigenvalue weighted by Crippen LogP contribution is -2.24. The van der Waals surface area contributed by atoms with Gasteiger partial charge >= 0.3 is 5.69 Å². The van der Waals surface area contributed by atoms with Gasteiger partial charge in [0.05, 0.1) is 11.4 Å². The summed E-state index contributed by atoms with van der Waals surface area (Å²) in [7, 11) is 0. The second-order valence-electron chi connectivity index (χ2n) is 8.70. The molecule has 1 aliphatic heterocycles. The van der Waals surface area contributed by atoms with Crippen LogP contribution in [0.5, 0.6) is 0 Å². The molecule has 8 nitrogen and oxygen atoms in total. The number of fused-ring (bicyclic) bond motifs is 4. The number of benzene rings is 1. The van der Waals surface area contributed by atoms with Crippen molar-refractivity contribution in [1.82, 2.24) is 19.4 Å². The molecule has 1 saturated carbocycles. The van der Waals surface area contributed by atoms with Gasteiger partial charge in [0.2, 0.25) is 0 Å². The van der Waals surface area contributed by atoms with Gasteiger partial charge in [-0.1, -0.05) is 12.1 Å². The molecule has 2 fully saturated rings. The van der Waals surface area contributed by atoms with Gasteiger partial charge in [-0.25, -0.2) is 9.79 Å². The number of aryl methyl sites for hydroxylation is 1. The Morgan fingerprint density at radius 1 is 1.33 bits per heavy atom. The predicted octanol–water partition coefficient (Wildman–Crippen LogP) is 1.39. The van der Waals surface area contributed by atoms with Crippen LogP contribution in [0.3, 0.4) is 0 Å². The number of aromatic nitrogens is 3. The average Bonchev–Trinajstić information content (AvgIpc) is 3.45. The summed E-state index contributed by atoms with van der Waals surface area (Å²) in [6, 6.07) is 10.2. The highest BCUT2D eigenvalue weighted by molar-refractivity contribution is 5.80. The third kappa shape index (κ3) is 2.53. The van der Waals surface area contributed by atoms with Crippen LogP contribution in [0.1, 0.15) is 17.7 Å². The molecule has 2 aliphatic carbocycles. The van der Waals surface area contributed by atoms with E-state index in [0.29, 0.717) is 17.0 Å². The van der Waals surface area contributed by atoms with E-state index in [9.17, 15) is 4.79 Å². The molecule has 2 aromatic heterocycles. The molecular formula is C22H23N7O. The number of likely N-dealkylation sites (tertiary alicyclic amines) is 1.